The van der Waals surface area contributed by atoms with E-state index in [1.165, 1.54) is 0 Å². The van der Waals surface area contributed by atoms with Gasteiger partial charge in [0.25, 0.3) is 0 Å². The highest BCUT2D eigenvalue weighted by Crippen LogP contribution is 2.56. The SMILES string of the molecule is CCC#CCN(S(C)(C)C)S(C)(C)C. The molecule has 0 aliphatic carbocycles. The predicted molar refractivity (Wildman–Crippen MR) is 75.5 cm³/mol. The molecule has 0 spiro atoms. The van der Waals surface area contributed by atoms with Crippen LogP contribution in [0.15, 0.2) is 0 Å². The van der Waals surface area contributed by atoms with Gasteiger partial charge in [-0.1, -0.05) is 12.8 Å². The molecule has 3 heteroatoms. The first-order valence-corrected chi connectivity index (χ1v) is 10.4. The van der Waals surface area contributed by atoms with Crippen LogP contribution < -0.4 is 0 Å². The van der Waals surface area contributed by atoms with E-state index in [1.54, 1.807) is 0 Å². The lowest BCUT2D eigenvalue weighted by Gasteiger charge is -2.50. The Bertz CT molecular complexity index is 210. The zero-order chi connectivity index (χ0) is 11.4. The topological polar surface area (TPSA) is 3.24 Å². The summed E-state index contributed by atoms with van der Waals surface area (Å²) in [5.74, 6) is 6.42. The van der Waals surface area contributed by atoms with Crippen molar-refractivity contribution in [1.29, 1.82) is 0 Å². The molecule has 0 aromatic carbocycles. The van der Waals surface area contributed by atoms with Crippen molar-refractivity contribution in [3.8, 4) is 11.8 Å². The molecule has 0 amide bonds. The molecule has 0 radical (unpaired) electrons. The third-order valence-corrected chi connectivity index (χ3v) is 7.12. The van der Waals surface area contributed by atoms with E-state index in [2.05, 4.69) is 60.0 Å². The molecule has 0 unspecified atom stereocenters. The highest BCUT2D eigenvalue weighted by atomic mass is 32.3. The fraction of sp³-hybridized carbons (Fsp3) is 0.818. The largest absolute Gasteiger partial charge is 0.220 e. The van der Waals surface area contributed by atoms with E-state index >= 15 is 0 Å². The van der Waals surface area contributed by atoms with E-state index in [1.807, 2.05) is 0 Å². The molecule has 0 heterocycles. The number of hydrogen-bond donors (Lipinski definition) is 0. The van der Waals surface area contributed by atoms with Crippen LogP contribution in [0.25, 0.3) is 0 Å². The lowest BCUT2D eigenvalue weighted by atomic mass is 10.5. The Hall–Kier alpha value is 0.220. The van der Waals surface area contributed by atoms with Crippen molar-refractivity contribution in [1.82, 2.24) is 3.71 Å². The van der Waals surface area contributed by atoms with Gasteiger partial charge in [-0.3, -0.25) is 0 Å². The average molecular weight is 235 g/mol. The number of hydrogen-bond acceptors (Lipinski definition) is 1. The Labute approximate surface area is 93.5 Å². The summed E-state index contributed by atoms with van der Waals surface area (Å²) in [4.78, 5) is 0. The molecule has 0 aromatic heterocycles. The third kappa shape index (κ3) is 5.19. The summed E-state index contributed by atoms with van der Waals surface area (Å²) in [6, 6.07) is 0. The molecule has 0 saturated carbocycles. The fourth-order valence-corrected chi connectivity index (χ4v) is 7.57. The van der Waals surface area contributed by atoms with Crippen molar-refractivity contribution in [2.75, 3.05) is 44.1 Å². The van der Waals surface area contributed by atoms with Crippen molar-refractivity contribution in [3.63, 3.8) is 0 Å². The van der Waals surface area contributed by atoms with Gasteiger partial charge in [0, 0.05) is 6.42 Å². The normalized spacial score (nSPS) is 14.9. The minimum absolute atomic E-state index is 0.635. The zero-order valence-corrected chi connectivity index (χ0v) is 12.3. The van der Waals surface area contributed by atoms with Crippen LogP contribution in [-0.2, 0) is 0 Å². The first kappa shape index (κ1) is 14.2. The fourth-order valence-electron chi connectivity index (χ4n) is 1.30. The Morgan fingerprint density at radius 1 is 0.857 bits per heavy atom. The summed E-state index contributed by atoms with van der Waals surface area (Å²) >= 11 is 0. The van der Waals surface area contributed by atoms with Crippen molar-refractivity contribution in [2.24, 2.45) is 0 Å². The van der Waals surface area contributed by atoms with Gasteiger partial charge in [-0.15, -0.1) is 5.92 Å². The summed E-state index contributed by atoms with van der Waals surface area (Å²) in [6.45, 7) is 3.04. The molecule has 0 aliphatic rings. The maximum atomic E-state index is 3.27. The predicted octanol–water partition coefficient (Wildman–Crippen LogP) is 2.92. The zero-order valence-electron chi connectivity index (χ0n) is 10.7. The monoisotopic (exact) mass is 235 g/mol. The van der Waals surface area contributed by atoms with Gasteiger partial charge in [0.15, 0.2) is 0 Å². The number of rotatable bonds is 3. The van der Waals surface area contributed by atoms with Gasteiger partial charge in [0.05, 0.1) is 6.54 Å². The van der Waals surface area contributed by atoms with Gasteiger partial charge in [-0.2, -0.15) is 20.4 Å². The van der Waals surface area contributed by atoms with Crippen LogP contribution in [0.4, 0.5) is 0 Å². The Morgan fingerprint density at radius 2 is 1.29 bits per heavy atom. The first-order valence-electron chi connectivity index (χ1n) is 4.80. The molecule has 0 N–H and O–H groups in total. The van der Waals surface area contributed by atoms with Crippen molar-refractivity contribution < 1.29 is 0 Å². The van der Waals surface area contributed by atoms with Crippen LogP contribution in [0, 0.1) is 11.8 Å². The van der Waals surface area contributed by atoms with Crippen LogP contribution in [0.2, 0.25) is 0 Å². The second kappa shape index (κ2) is 5.34. The van der Waals surface area contributed by atoms with Crippen LogP contribution in [0.3, 0.4) is 0 Å². The van der Waals surface area contributed by atoms with Crippen LogP contribution in [0.5, 0.6) is 0 Å². The average Bonchev–Trinajstić information content (AvgIpc) is 1.92. The minimum Gasteiger partial charge on any atom is -0.220 e. The molecule has 0 aromatic rings. The van der Waals surface area contributed by atoms with E-state index in [-0.39, 0.29) is 0 Å². The lowest BCUT2D eigenvalue weighted by Crippen LogP contribution is -2.28. The van der Waals surface area contributed by atoms with Crippen molar-refractivity contribution >= 4 is 20.4 Å². The van der Waals surface area contributed by atoms with Gasteiger partial charge in [-0.05, 0) is 37.5 Å². The van der Waals surface area contributed by atoms with E-state index in [0.717, 1.165) is 13.0 Å². The van der Waals surface area contributed by atoms with Crippen LogP contribution in [0.1, 0.15) is 13.3 Å². The van der Waals surface area contributed by atoms with E-state index in [0.29, 0.717) is 0 Å². The van der Waals surface area contributed by atoms with Gasteiger partial charge >= 0.3 is 0 Å². The molecule has 14 heavy (non-hydrogen) atoms. The second-order valence-electron chi connectivity index (χ2n) is 4.74. The second-order valence-corrected chi connectivity index (χ2v) is 12.9. The van der Waals surface area contributed by atoms with Crippen molar-refractivity contribution in [2.45, 2.75) is 13.3 Å². The summed E-state index contributed by atoms with van der Waals surface area (Å²) in [5, 5.41) is 0. The maximum Gasteiger partial charge on any atom is 0.0780 e. The van der Waals surface area contributed by atoms with Crippen LogP contribution in [-0.4, -0.2) is 47.8 Å². The molecular weight excluding hydrogens is 210 g/mol. The highest BCUT2D eigenvalue weighted by molar-refractivity contribution is 8.43. The molecule has 0 saturated heterocycles. The number of nitrogens with zero attached hydrogens (tertiary/aromatic N) is 1. The van der Waals surface area contributed by atoms with Gasteiger partial charge in [0.2, 0.25) is 0 Å². The van der Waals surface area contributed by atoms with Crippen molar-refractivity contribution in [3.05, 3.63) is 0 Å². The summed E-state index contributed by atoms with van der Waals surface area (Å²) in [6.07, 6.45) is 15.0. The minimum atomic E-state index is -0.635. The molecule has 0 fully saturated rings. The highest BCUT2D eigenvalue weighted by Gasteiger charge is 2.23. The molecule has 0 rings (SSSR count). The molecular formula is C11H25NS2. The Balaban J connectivity index is 4.60. The summed E-state index contributed by atoms with van der Waals surface area (Å²) in [7, 11) is -1.27. The first-order chi connectivity index (χ1) is 6.19. The van der Waals surface area contributed by atoms with Gasteiger partial charge < -0.3 is 0 Å². The van der Waals surface area contributed by atoms with E-state index in [9.17, 15) is 0 Å². The molecule has 0 aliphatic heterocycles. The van der Waals surface area contributed by atoms with E-state index in [4.69, 9.17) is 0 Å². The lowest BCUT2D eigenvalue weighted by molar-refractivity contribution is 0.825. The standard InChI is InChI=1S/C11H25NS2/c1-8-9-10-11-12(13(2,3)4)14(5,6)7/h8,11H2,1-7H3. The van der Waals surface area contributed by atoms with Gasteiger partial charge in [-0.25, -0.2) is 3.71 Å². The Kier molecular flexibility index (Phi) is 5.43. The quantitative estimate of drug-likeness (QED) is 0.680. The smallest absolute Gasteiger partial charge is 0.0780 e. The Morgan fingerprint density at radius 3 is 1.57 bits per heavy atom. The summed E-state index contributed by atoms with van der Waals surface area (Å²) < 4.78 is 2.60. The maximum absolute atomic E-state index is 3.27. The third-order valence-electron chi connectivity index (χ3n) is 1.73. The van der Waals surface area contributed by atoms with Crippen LogP contribution >= 0.6 is 20.4 Å². The molecule has 86 valence electrons. The summed E-state index contributed by atoms with van der Waals surface area (Å²) in [5.41, 5.74) is 0. The molecule has 0 bridgehead atoms. The van der Waals surface area contributed by atoms with E-state index < -0.39 is 20.4 Å². The molecule has 0 atom stereocenters. The molecule has 1 nitrogen and oxygen atoms in total. The van der Waals surface area contributed by atoms with Gasteiger partial charge in [0.1, 0.15) is 0 Å².